The first kappa shape index (κ1) is 10.3. The summed E-state index contributed by atoms with van der Waals surface area (Å²) in [6.07, 6.45) is 3.28. The molecule has 1 heterocycles. The van der Waals surface area contributed by atoms with Crippen LogP contribution in [0.25, 0.3) is 5.57 Å². The molecular formula is C14H15N3. The number of hydrogen-bond acceptors (Lipinski definition) is 2. The normalized spacial score (nSPS) is 14.7. The fourth-order valence-corrected chi connectivity index (χ4v) is 2.33. The van der Waals surface area contributed by atoms with Crippen molar-refractivity contribution in [3.8, 4) is 0 Å². The van der Waals surface area contributed by atoms with Gasteiger partial charge in [0.05, 0.1) is 12.2 Å². The summed E-state index contributed by atoms with van der Waals surface area (Å²) in [5, 5.41) is 8.50. The van der Waals surface area contributed by atoms with Crippen molar-refractivity contribution in [2.24, 2.45) is 0 Å². The maximum absolute atomic E-state index is 4.25. The van der Waals surface area contributed by atoms with Gasteiger partial charge in [-0.15, -0.1) is 5.10 Å². The molecule has 3 nitrogen and oxygen atoms in total. The predicted octanol–water partition coefficient (Wildman–Crippen LogP) is 2.68. The number of hydrogen-bond donors (Lipinski definition) is 0. The second-order valence-corrected chi connectivity index (χ2v) is 4.49. The van der Waals surface area contributed by atoms with Crippen LogP contribution in [0, 0.1) is 0 Å². The molecule has 1 aliphatic rings. The number of allylic oxidation sites excluding steroid dienone is 1. The molecule has 0 spiro atoms. The molecule has 1 aromatic heterocycles. The van der Waals surface area contributed by atoms with Gasteiger partial charge in [-0.1, -0.05) is 42.1 Å². The van der Waals surface area contributed by atoms with Gasteiger partial charge in [-0.3, -0.25) is 0 Å². The van der Waals surface area contributed by atoms with Gasteiger partial charge in [0.15, 0.2) is 0 Å². The van der Waals surface area contributed by atoms with Crippen molar-refractivity contribution < 1.29 is 0 Å². The average Bonchev–Trinajstić information content (AvgIpc) is 2.76. The van der Waals surface area contributed by atoms with E-state index >= 15 is 0 Å². The maximum atomic E-state index is 4.25. The van der Waals surface area contributed by atoms with E-state index in [9.17, 15) is 0 Å². The highest BCUT2D eigenvalue weighted by Gasteiger charge is 2.19. The lowest BCUT2D eigenvalue weighted by atomic mass is 9.97. The van der Waals surface area contributed by atoms with Crippen molar-refractivity contribution in [1.29, 1.82) is 0 Å². The molecule has 17 heavy (non-hydrogen) atoms. The Labute approximate surface area is 101 Å². The van der Waals surface area contributed by atoms with Crippen LogP contribution in [-0.2, 0) is 13.0 Å². The topological polar surface area (TPSA) is 30.7 Å². The van der Waals surface area contributed by atoms with E-state index in [0.717, 1.165) is 37.1 Å². The Morgan fingerprint density at radius 3 is 2.82 bits per heavy atom. The van der Waals surface area contributed by atoms with E-state index in [0.29, 0.717) is 0 Å². The van der Waals surface area contributed by atoms with E-state index in [-0.39, 0.29) is 0 Å². The molecule has 0 bridgehead atoms. The third-order valence-electron chi connectivity index (χ3n) is 3.24. The minimum Gasteiger partial charge on any atom is -0.244 e. The van der Waals surface area contributed by atoms with E-state index in [1.54, 1.807) is 0 Å². The van der Waals surface area contributed by atoms with Gasteiger partial charge >= 0.3 is 0 Å². The summed E-state index contributed by atoms with van der Waals surface area (Å²) < 4.78 is 2.01. The minimum atomic E-state index is 0.802. The molecule has 2 aromatic rings. The van der Waals surface area contributed by atoms with Crippen LogP contribution in [0.1, 0.15) is 29.8 Å². The summed E-state index contributed by atoms with van der Waals surface area (Å²) in [6.45, 7) is 4.86. The Balaban J connectivity index is 1.92. The van der Waals surface area contributed by atoms with Gasteiger partial charge in [-0.25, -0.2) is 4.68 Å². The van der Waals surface area contributed by atoms with E-state index in [1.165, 1.54) is 11.3 Å². The summed E-state index contributed by atoms with van der Waals surface area (Å²) in [5.74, 6) is 0. The van der Waals surface area contributed by atoms with Crippen molar-refractivity contribution in [1.82, 2.24) is 15.0 Å². The monoisotopic (exact) mass is 225 g/mol. The first-order valence-corrected chi connectivity index (χ1v) is 5.99. The summed E-state index contributed by atoms with van der Waals surface area (Å²) >= 11 is 0. The van der Waals surface area contributed by atoms with Crippen molar-refractivity contribution in [2.45, 2.75) is 25.8 Å². The zero-order chi connectivity index (χ0) is 11.7. The molecule has 0 atom stereocenters. The first-order chi connectivity index (χ1) is 8.34. The largest absolute Gasteiger partial charge is 0.244 e. The first-order valence-electron chi connectivity index (χ1n) is 5.99. The van der Waals surface area contributed by atoms with Gasteiger partial charge < -0.3 is 0 Å². The quantitative estimate of drug-likeness (QED) is 0.786. The standard InChI is InChI=1S/C14H15N3/c1-11-6-5-9-13-14(11)15-16-17(13)10-12-7-3-2-4-8-12/h2-4,7-8H,1,5-6,9-10H2. The van der Waals surface area contributed by atoms with Crippen LogP contribution < -0.4 is 0 Å². The van der Waals surface area contributed by atoms with Gasteiger partial charge in [-0.05, 0) is 30.4 Å². The van der Waals surface area contributed by atoms with Crippen molar-refractivity contribution in [3.63, 3.8) is 0 Å². The van der Waals surface area contributed by atoms with Gasteiger partial charge in [0, 0.05) is 0 Å². The summed E-state index contributed by atoms with van der Waals surface area (Å²) in [5.41, 5.74) is 4.65. The van der Waals surface area contributed by atoms with Crippen LogP contribution in [0.3, 0.4) is 0 Å². The van der Waals surface area contributed by atoms with Crippen molar-refractivity contribution in [3.05, 3.63) is 53.9 Å². The molecule has 0 saturated carbocycles. The number of fused-ring (bicyclic) bond motifs is 1. The van der Waals surface area contributed by atoms with Crippen LogP contribution in [0.2, 0.25) is 0 Å². The lowest BCUT2D eigenvalue weighted by molar-refractivity contribution is 0.608. The molecule has 0 unspecified atom stereocenters. The van der Waals surface area contributed by atoms with Gasteiger partial charge in [0.2, 0.25) is 0 Å². The summed E-state index contributed by atoms with van der Waals surface area (Å²) in [6, 6.07) is 10.4. The molecule has 3 heteroatoms. The van der Waals surface area contributed by atoms with E-state index in [1.807, 2.05) is 10.7 Å². The number of nitrogens with zero attached hydrogens (tertiary/aromatic N) is 3. The van der Waals surface area contributed by atoms with Gasteiger partial charge in [0.25, 0.3) is 0 Å². The van der Waals surface area contributed by atoms with Crippen LogP contribution in [-0.4, -0.2) is 15.0 Å². The van der Waals surface area contributed by atoms with Crippen LogP contribution >= 0.6 is 0 Å². The highest BCUT2D eigenvalue weighted by Crippen LogP contribution is 2.27. The van der Waals surface area contributed by atoms with E-state index < -0.39 is 0 Å². The Morgan fingerprint density at radius 1 is 1.18 bits per heavy atom. The van der Waals surface area contributed by atoms with E-state index in [4.69, 9.17) is 0 Å². The molecule has 0 amide bonds. The lowest BCUT2D eigenvalue weighted by Crippen LogP contribution is -2.09. The number of benzene rings is 1. The van der Waals surface area contributed by atoms with Gasteiger partial charge in [-0.2, -0.15) is 0 Å². The smallest absolute Gasteiger partial charge is 0.111 e. The fraction of sp³-hybridized carbons (Fsp3) is 0.286. The second kappa shape index (κ2) is 4.17. The Hall–Kier alpha value is -1.90. The highest BCUT2D eigenvalue weighted by molar-refractivity contribution is 5.63. The predicted molar refractivity (Wildman–Crippen MR) is 67.5 cm³/mol. The van der Waals surface area contributed by atoms with Gasteiger partial charge in [0.1, 0.15) is 5.69 Å². The fourth-order valence-electron chi connectivity index (χ4n) is 2.33. The number of aromatic nitrogens is 3. The highest BCUT2D eigenvalue weighted by atomic mass is 15.4. The molecule has 1 aromatic carbocycles. The van der Waals surface area contributed by atoms with Crippen LogP contribution in [0.4, 0.5) is 0 Å². The molecule has 3 rings (SSSR count). The zero-order valence-corrected chi connectivity index (χ0v) is 9.76. The number of rotatable bonds is 2. The Morgan fingerprint density at radius 2 is 2.00 bits per heavy atom. The third-order valence-corrected chi connectivity index (χ3v) is 3.24. The van der Waals surface area contributed by atoms with Crippen LogP contribution in [0.5, 0.6) is 0 Å². The Kier molecular flexibility index (Phi) is 2.52. The SMILES string of the molecule is C=C1CCCc2c1nnn2Cc1ccccc1. The van der Waals surface area contributed by atoms with E-state index in [2.05, 4.69) is 41.2 Å². The zero-order valence-electron chi connectivity index (χ0n) is 9.76. The molecule has 86 valence electrons. The summed E-state index contributed by atoms with van der Waals surface area (Å²) in [4.78, 5) is 0. The maximum Gasteiger partial charge on any atom is 0.111 e. The molecule has 0 radical (unpaired) electrons. The molecule has 0 aliphatic heterocycles. The average molecular weight is 225 g/mol. The van der Waals surface area contributed by atoms with Crippen molar-refractivity contribution >= 4 is 5.57 Å². The lowest BCUT2D eigenvalue weighted by Gasteiger charge is -2.13. The molecular weight excluding hydrogens is 210 g/mol. The molecule has 1 aliphatic carbocycles. The molecule has 0 N–H and O–H groups in total. The Bertz CT molecular complexity index is 540. The third kappa shape index (κ3) is 1.88. The molecule has 0 saturated heterocycles. The van der Waals surface area contributed by atoms with Crippen molar-refractivity contribution in [2.75, 3.05) is 0 Å². The van der Waals surface area contributed by atoms with Crippen LogP contribution in [0.15, 0.2) is 36.9 Å². The second-order valence-electron chi connectivity index (χ2n) is 4.49. The summed E-state index contributed by atoms with van der Waals surface area (Å²) in [7, 11) is 0. The minimum absolute atomic E-state index is 0.802. The molecule has 0 fully saturated rings.